The van der Waals surface area contributed by atoms with E-state index in [2.05, 4.69) is 20.0 Å². The van der Waals surface area contributed by atoms with Crippen molar-refractivity contribution in [2.45, 2.75) is 13.1 Å². The first-order chi connectivity index (χ1) is 13.1. The number of aromatic amines is 1. The molecule has 0 unspecified atom stereocenters. The minimum Gasteiger partial charge on any atom is -0.476 e. The van der Waals surface area contributed by atoms with Crippen LogP contribution in [0.3, 0.4) is 0 Å². The second-order valence-electron chi connectivity index (χ2n) is 5.76. The molecule has 0 aliphatic rings. The molecular weight excluding hydrogens is 381 g/mol. The van der Waals surface area contributed by atoms with Gasteiger partial charge in [0.2, 0.25) is 5.69 Å². The Balaban J connectivity index is 2.13. The summed E-state index contributed by atoms with van der Waals surface area (Å²) in [5.41, 5.74) is -0.882. The normalized spacial score (nSPS) is 11.5. The van der Waals surface area contributed by atoms with E-state index in [1.54, 1.807) is 13.0 Å². The smallest absolute Gasteiger partial charge is 0.436 e. The Labute approximate surface area is 155 Å². The summed E-state index contributed by atoms with van der Waals surface area (Å²) < 4.78 is 45.2. The number of rotatable bonds is 4. The fourth-order valence-electron chi connectivity index (χ4n) is 2.74. The van der Waals surface area contributed by atoms with E-state index in [1.165, 1.54) is 31.4 Å². The molecule has 28 heavy (non-hydrogen) atoms. The van der Waals surface area contributed by atoms with Gasteiger partial charge < -0.3 is 14.8 Å². The van der Waals surface area contributed by atoms with E-state index in [-0.39, 0.29) is 11.4 Å². The number of carboxylic acids is 1. The Morgan fingerprint density at radius 3 is 2.57 bits per heavy atom. The number of esters is 1. The summed E-state index contributed by atoms with van der Waals surface area (Å²) >= 11 is 0. The van der Waals surface area contributed by atoms with E-state index in [0.717, 1.165) is 0 Å². The zero-order valence-corrected chi connectivity index (χ0v) is 14.5. The highest BCUT2D eigenvalue weighted by molar-refractivity contribution is 5.90. The predicted octanol–water partition coefficient (Wildman–Crippen LogP) is 3.07. The highest BCUT2D eigenvalue weighted by Crippen LogP contribution is 2.34. The van der Waals surface area contributed by atoms with Crippen LogP contribution in [0.1, 0.15) is 32.4 Å². The molecule has 0 atom stereocenters. The number of nitrogens with zero attached hydrogens (tertiary/aromatic N) is 3. The fraction of sp³-hybridized carbons (Fsp3) is 0.176. The topological polar surface area (TPSA) is 110 Å². The standard InChI is InChI=1S/C17H13F3N4O4/c1-8-11(7-12(21-8)16(27)28-2)9-4-3-5-10(6-9)24-14(17(18,19)20)13(15(25)26)22-23-24/h3-7,21H,1-2H3,(H,25,26). The molecule has 3 aromatic rings. The van der Waals surface area contributed by atoms with Crippen LogP contribution in [0, 0.1) is 6.92 Å². The molecule has 146 valence electrons. The molecule has 0 aliphatic carbocycles. The molecule has 2 aromatic heterocycles. The molecule has 11 heteroatoms. The third-order valence-electron chi connectivity index (χ3n) is 3.96. The summed E-state index contributed by atoms with van der Waals surface area (Å²) in [7, 11) is 1.22. The predicted molar refractivity (Wildman–Crippen MR) is 89.2 cm³/mol. The lowest BCUT2D eigenvalue weighted by molar-refractivity contribution is -0.143. The average molecular weight is 394 g/mol. The lowest BCUT2D eigenvalue weighted by Crippen LogP contribution is -2.17. The summed E-state index contributed by atoms with van der Waals surface area (Å²) in [5, 5.41) is 15.5. The van der Waals surface area contributed by atoms with E-state index < -0.39 is 29.5 Å². The van der Waals surface area contributed by atoms with Gasteiger partial charge >= 0.3 is 18.1 Å². The van der Waals surface area contributed by atoms with Gasteiger partial charge in [-0.3, -0.25) is 0 Å². The first-order valence-corrected chi connectivity index (χ1v) is 7.78. The SMILES string of the molecule is COC(=O)c1cc(-c2cccc(-n3nnc(C(=O)O)c3C(F)(F)F)c2)c(C)[nH]1. The van der Waals surface area contributed by atoms with E-state index in [0.29, 0.717) is 21.5 Å². The Bertz CT molecular complexity index is 1070. The molecule has 2 N–H and O–H groups in total. The number of nitrogens with one attached hydrogen (secondary N) is 1. The number of ether oxygens (including phenoxy) is 1. The molecule has 0 amide bonds. The maximum atomic E-state index is 13.4. The van der Waals surface area contributed by atoms with Gasteiger partial charge in [-0.1, -0.05) is 17.3 Å². The van der Waals surface area contributed by atoms with Crippen LogP contribution in [0.25, 0.3) is 16.8 Å². The van der Waals surface area contributed by atoms with Crippen LogP contribution in [0.5, 0.6) is 0 Å². The number of aromatic nitrogens is 4. The number of aryl methyl sites for hydroxylation is 1. The number of carboxylic acid groups (broad SMARTS) is 1. The summed E-state index contributed by atoms with van der Waals surface area (Å²) in [6.07, 6.45) is -4.98. The highest BCUT2D eigenvalue weighted by atomic mass is 19.4. The molecule has 0 spiro atoms. The van der Waals surface area contributed by atoms with Crippen LogP contribution in [-0.2, 0) is 10.9 Å². The quantitative estimate of drug-likeness (QED) is 0.658. The number of hydrogen-bond acceptors (Lipinski definition) is 5. The van der Waals surface area contributed by atoms with Gasteiger partial charge in [0.15, 0.2) is 5.69 Å². The summed E-state index contributed by atoms with van der Waals surface area (Å²) in [6, 6.07) is 7.34. The molecule has 8 nitrogen and oxygen atoms in total. The molecule has 0 saturated carbocycles. The van der Waals surface area contributed by atoms with E-state index in [1.807, 2.05) is 0 Å². The Hall–Kier alpha value is -3.63. The van der Waals surface area contributed by atoms with Crippen molar-refractivity contribution >= 4 is 11.9 Å². The number of halogens is 3. The number of carbonyl (C=O) groups excluding carboxylic acids is 1. The average Bonchev–Trinajstić information content (AvgIpc) is 3.25. The van der Waals surface area contributed by atoms with Crippen molar-refractivity contribution in [1.29, 1.82) is 0 Å². The van der Waals surface area contributed by atoms with E-state index >= 15 is 0 Å². The number of alkyl halides is 3. The van der Waals surface area contributed by atoms with Gasteiger partial charge in [-0.05, 0) is 30.7 Å². The molecule has 2 heterocycles. The van der Waals surface area contributed by atoms with Crippen molar-refractivity contribution in [3.63, 3.8) is 0 Å². The molecule has 3 rings (SSSR count). The van der Waals surface area contributed by atoms with Gasteiger partial charge in [0.25, 0.3) is 0 Å². The van der Waals surface area contributed by atoms with Gasteiger partial charge in [-0.15, -0.1) is 5.10 Å². The van der Waals surface area contributed by atoms with Crippen molar-refractivity contribution in [3.8, 4) is 16.8 Å². The molecule has 0 aliphatic heterocycles. The fourth-order valence-corrected chi connectivity index (χ4v) is 2.74. The minimum atomic E-state index is -4.98. The number of hydrogen-bond donors (Lipinski definition) is 2. The highest BCUT2D eigenvalue weighted by Gasteiger charge is 2.42. The maximum absolute atomic E-state index is 13.4. The van der Waals surface area contributed by atoms with Crippen LogP contribution in [-0.4, -0.2) is 44.1 Å². The first-order valence-electron chi connectivity index (χ1n) is 7.78. The molecule has 0 bridgehead atoms. The second-order valence-corrected chi connectivity index (χ2v) is 5.76. The van der Waals surface area contributed by atoms with Crippen molar-refractivity contribution < 1.29 is 32.6 Å². The van der Waals surface area contributed by atoms with Gasteiger partial charge in [0.05, 0.1) is 12.8 Å². The second kappa shape index (κ2) is 6.83. The molecule has 0 fully saturated rings. The van der Waals surface area contributed by atoms with Gasteiger partial charge in [0.1, 0.15) is 5.69 Å². The monoisotopic (exact) mass is 394 g/mol. The van der Waals surface area contributed by atoms with E-state index in [9.17, 15) is 22.8 Å². The number of methoxy groups -OCH3 is 1. The lowest BCUT2D eigenvalue weighted by Gasteiger charge is -2.11. The van der Waals surface area contributed by atoms with Crippen LogP contribution in [0.2, 0.25) is 0 Å². The maximum Gasteiger partial charge on any atom is 0.436 e. The zero-order valence-electron chi connectivity index (χ0n) is 14.5. The van der Waals surface area contributed by atoms with Crippen LogP contribution < -0.4 is 0 Å². The number of H-pyrrole nitrogens is 1. The molecule has 1 aromatic carbocycles. The third-order valence-corrected chi connectivity index (χ3v) is 3.96. The van der Waals surface area contributed by atoms with Gasteiger partial charge in [-0.2, -0.15) is 13.2 Å². The molecule has 0 radical (unpaired) electrons. The zero-order chi connectivity index (χ0) is 20.6. The molecule has 0 saturated heterocycles. The third kappa shape index (κ3) is 3.33. The van der Waals surface area contributed by atoms with E-state index in [4.69, 9.17) is 5.11 Å². The Morgan fingerprint density at radius 2 is 1.96 bits per heavy atom. The number of carbonyl (C=O) groups is 2. The largest absolute Gasteiger partial charge is 0.476 e. The Morgan fingerprint density at radius 1 is 1.25 bits per heavy atom. The van der Waals surface area contributed by atoms with Gasteiger partial charge in [0, 0.05) is 11.3 Å². The van der Waals surface area contributed by atoms with Gasteiger partial charge in [-0.25, -0.2) is 14.3 Å². The lowest BCUT2D eigenvalue weighted by atomic mass is 10.1. The summed E-state index contributed by atoms with van der Waals surface area (Å²) in [5.74, 6) is -2.42. The number of aromatic carboxylic acids is 1. The first kappa shape index (κ1) is 19.1. The van der Waals surface area contributed by atoms with Crippen molar-refractivity contribution in [2.75, 3.05) is 7.11 Å². The minimum absolute atomic E-state index is 0.0370. The van der Waals surface area contributed by atoms with Crippen LogP contribution in [0.4, 0.5) is 13.2 Å². The molecular formula is C17H13F3N4O4. The van der Waals surface area contributed by atoms with Crippen LogP contribution >= 0.6 is 0 Å². The van der Waals surface area contributed by atoms with Crippen molar-refractivity contribution in [2.24, 2.45) is 0 Å². The van der Waals surface area contributed by atoms with Crippen molar-refractivity contribution in [1.82, 2.24) is 20.0 Å². The Kier molecular flexibility index (Phi) is 4.67. The van der Waals surface area contributed by atoms with Crippen LogP contribution in [0.15, 0.2) is 30.3 Å². The summed E-state index contributed by atoms with van der Waals surface area (Å²) in [4.78, 5) is 25.6. The van der Waals surface area contributed by atoms with Crippen molar-refractivity contribution in [3.05, 3.63) is 53.1 Å². The number of benzene rings is 1. The summed E-state index contributed by atoms with van der Waals surface area (Å²) in [6.45, 7) is 1.69.